The van der Waals surface area contributed by atoms with Gasteiger partial charge in [-0.2, -0.15) is 15.5 Å². The van der Waals surface area contributed by atoms with Gasteiger partial charge < -0.3 is 5.11 Å². The molecule has 0 heterocycles. The minimum absolute atomic E-state index is 0.0992. The SMILES string of the molecule is CC(C)(C#N)N=NC(C)(C)CC(=O)O. The third-order valence-electron chi connectivity index (χ3n) is 1.43. The summed E-state index contributed by atoms with van der Waals surface area (Å²) in [7, 11) is 0. The average Bonchev–Trinajstić information content (AvgIpc) is 1.99. The molecule has 0 aromatic rings. The van der Waals surface area contributed by atoms with E-state index in [1.54, 1.807) is 27.7 Å². The van der Waals surface area contributed by atoms with Crippen LogP contribution in [0.5, 0.6) is 0 Å². The summed E-state index contributed by atoms with van der Waals surface area (Å²) in [6.07, 6.45) is -0.0992. The van der Waals surface area contributed by atoms with E-state index >= 15 is 0 Å². The van der Waals surface area contributed by atoms with Gasteiger partial charge in [-0.3, -0.25) is 4.79 Å². The van der Waals surface area contributed by atoms with Crippen molar-refractivity contribution in [1.82, 2.24) is 0 Å². The summed E-state index contributed by atoms with van der Waals surface area (Å²) in [6.45, 7) is 6.57. The third-order valence-corrected chi connectivity index (χ3v) is 1.43. The van der Waals surface area contributed by atoms with E-state index in [9.17, 15) is 4.79 Å². The molecule has 5 nitrogen and oxygen atoms in total. The van der Waals surface area contributed by atoms with Crippen LogP contribution in [-0.4, -0.2) is 22.2 Å². The lowest BCUT2D eigenvalue weighted by molar-refractivity contribution is -0.138. The molecule has 0 aromatic carbocycles. The summed E-state index contributed by atoms with van der Waals surface area (Å²) in [4.78, 5) is 10.4. The molecule has 0 atom stereocenters. The standard InChI is InChI=1S/C9H15N3O2/c1-8(2,5-7(13)14)11-12-9(3,4)6-10/h5H2,1-4H3,(H,13,14). The lowest BCUT2D eigenvalue weighted by Crippen LogP contribution is -2.23. The second kappa shape index (κ2) is 4.18. The molecule has 0 aliphatic carbocycles. The number of carboxylic acid groups (broad SMARTS) is 1. The fourth-order valence-electron chi connectivity index (χ4n) is 0.688. The van der Waals surface area contributed by atoms with Gasteiger partial charge in [0.05, 0.1) is 18.0 Å². The number of carbonyl (C=O) groups is 1. The first-order valence-electron chi connectivity index (χ1n) is 4.26. The predicted molar refractivity (Wildman–Crippen MR) is 50.9 cm³/mol. The Morgan fingerprint density at radius 3 is 2.21 bits per heavy atom. The first-order valence-corrected chi connectivity index (χ1v) is 4.26. The molecule has 0 rings (SSSR count). The minimum Gasteiger partial charge on any atom is -0.481 e. The van der Waals surface area contributed by atoms with E-state index in [4.69, 9.17) is 10.4 Å². The summed E-state index contributed by atoms with van der Waals surface area (Å²) in [5, 5.41) is 24.9. The Balaban J connectivity index is 4.51. The normalized spacial score (nSPS) is 12.8. The van der Waals surface area contributed by atoms with Gasteiger partial charge in [0.2, 0.25) is 0 Å². The van der Waals surface area contributed by atoms with Crippen LogP contribution < -0.4 is 0 Å². The van der Waals surface area contributed by atoms with Gasteiger partial charge in [-0.1, -0.05) is 0 Å². The molecule has 0 aliphatic heterocycles. The van der Waals surface area contributed by atoms with Crippen molar-refractivity contribution in [3.8, 4) is 6.07 Å². The molecule has 0 amide bonds. The summed E-state index contributed by atoms with van der Waals surface area (Å²) >= 11 is 0. The second-order valence-electron chi connectivity index (χ2n) is 4.25. The zero-order valence-electron chi connectivity index (χ0n) is 8.90. The fraction of sp³-hybridized carbons (Fsp3) is 0.778. The van der Waals surface area contributed by atoms with Gasteiger partial charge >= 0.3 is 5.97 Å². The number of nitriles is 1. The molecule has 78 valence electrons. The topological polar surface area (TPSA) is 85.8 Å². The Labute approximate surface area is 83.5 Å². The van der Waals surface area contributed by atoms with Gasteiger partial charge in [-0.25, -0.2) is 0 Å². The van der Waals surface area contributed by atoms with E-state index in [0.717, 1.165) is 0 Å². The van der Waals surface area contributed by atoms with Crippen LogP contribution >= 0.6 is 0 Å². The zero-order chi connectivity index (χ0) is 11.4. The number of azo groups is 1. The fourth-order valence-corrected chi connectivity index (χ4v) is 0.688. The predicted octanol–water partition coefficient (Wildman–Crippen LogP) is 1.99. The van der Waals surface area contributed by atoms with Crippen LogP contribution in [-0.2, 0) is 4.79 Å². The average molecular weight is 197 g/mol. The second-order valence-corrected chi connectivity index (χ2v) is 4.25. The molecule has 0 fully saturated rings. The van der Waals surface area contributed by atoms with Crippen molar-refractivity contribution in [2.45, 2.75) is 45.2 Å². The van der Waals surface area contributed by atoms with Crippen molar-refractivity contribution in [3.63, 3.8) is 0 Å². The molecule has 0 bridgehead atoms. The molecular formula is C9H15N3O2. The molecule has 0 saturated carbocycles. The van der Waals surface area contributed by atoms with Gasteiger partial charge in [-0.05, 0) is 27.7 Å². The largest absolute Gasteiger partial charge is 0.481 e. The lowest BCUT2D eigenvalue weighted by atomic mass is 10.0. The van der Waals surface area contributed by atoms with Crippen molar-refractivity contribution in [2.24, 2.45) is 10.2 Å². The Morgan fingerprint density at radius 2 is 1.86 bits per heavy atom. The maximum atomic E-state index is 10.4. The zero-order valence-corrected chi connectivity index (χ0v) is 8.90. The molecule has 5 heteroatoms. The van der Waals surface area contributed by atoms with Crippen LogP contribution in [0.4, 0.5) is 0 Å². The van der Waals surface area contributed by atoms with Gasteiger partial charge in [0.25, 0.3) is 0 Å². The maximum absolute atomic E-state index is 10.4. The minimum atomic E-state index is -0.927. The van der Waals surface area contributed by atoms with E-state index in [2.05, 4.69) is 10.2 Å². The number of carboxylic acids is 1. The van der Waals surface area contributed by atoms with Gasteiger partial charge in [-0.15, -0.1) is 0 Å². The van der Waals surface area contributed by atoms with Crippen LogP contribution in [0, 0.1) is 11.3 Å². The van der Waals surface area contributed by atoms with Crippen molar-refractivity contribution in [2.75, 3.05) is 0 Å². The van der Waals surface area contributed by atoms with E-state index in [0.29, 0.717) is 0 Å². The lowest BCUT2D eigenvalue weighted by Gasteiger charge is -2.17. The first-order chi connectivity index (χ1) is 6.18. The number of aliphatic carboxylic acids is 1. The summed E-state index contributed by atoms with van der Waals surface area (Å²) in [5.74, 6) is -0.927. The van der Waals surface area contributed by atoms with Gasteiger partial charge in [0.15, 0.2) is 5.54 Å². The first kappa shape index (κ1) is 12.6. The molecular weight excluding hydrogens is 182 g/mol. The molecule has 14 heavy (non-hydrogen) atoms. The highest BCUT2D eigenvalue weighted by atomic mass is 16.4. The third kappa shape index (κ3) is 5.25. The van der Waals surface area contributed by atoms with Crippen LogP contribution in [0.3, 0.4) is 0 Å². The summed E-state index contributed by atoms with van der Waals surface area (Å²) < 4.78 is 0. The molecule has 0 spiro atoms. The number of nitrogens with zero attached hydrogens (tertiary/aromatic N) is 3. The number of hydrogen-bond acceptors (Lipinski definition) is 4. The Kier molecular flexibility index (Phi) is 3.75. The highest BCUT2D eigenvalue weighted by Gasteiger charge is 2.23. The Morgan fingerprint density at radius 1 is 1.36 bits per heavy atom. The number of hydrogen-bond donors (Lipinski definition) is 1. The van der Waals surface area contributed by atoms with Gasteiger partial charge in [0.1, 0.15) is 0 Å². The van der Waals surface area contributed by atoms with Crippen molar-refractivity contribution < 1.29 is 9.90 Å². The number of rotatable bonds is 4. The monoisotopic (exact) mass is 197 g/mol. The Hall–Kier alpha value is -1.44. The molecule has 0 saturated heterocycles. The molecule has 1 N–H and O–H groups in total. The molecule has 0 aromatic heterocycles. The molecule has 0 aliphatic rings. The van der Waals surface area contributed by atoms with Crippen LogP contribution in [0.15, 0.2) is 10.2 Å². The highest BCUT2D eigenvalue weighted by molar-refractivity contribution is 5.68. The van der Waals surface area contributed by atoms with Crippen molar-refractivity contribution in [1.29, 1.82) is 5.26 Å². The van der Waals surface area contributed by atoms with E-state index in [-0.39, 0.29) is 6.42 Å². The maximum Gasteiger partial charge on any atom is 0.305 e. The van der Waals surface area contributed by atoms with Crippen LogP contribution in [0.1, 0.15) is 34.1 Å². The Bertz CT molecular complexity index is 287. The van der Waals surface area contributed by atoms with E-state index < -0.39 is 17.0 Å². The highest BCUT2D eigenvalue weighted by Crippen LogP contribution is 2.18. The van der Waals surface area contributed by atoms with Gasteiger partial charge in [0, 0.05) is 0 Å². The van der Waals surface area contributed by atoms with Crippen molar-refractivity contribution >= 4 is 5.97 Å². The van der Waals surface area contributed by atoms with E-state index in [1.165, 1.54) is 0 Å². The summed E-state index contributed by atoms with van der Waals surface area (Å²) in [5.41, 5.74) is -1.66. The molecule has 0 unspecified atom stereocenters. The molecule has 0 radical (unpaired) electrons. The van der Waals surface area contributed by atoms with Crippen molar-refractivity contribution in [3.05, 3.63) is 0 Å². The summed E-state index contributed by atoms with van der Waals surface area (Å²) in [6, 6.07) is 1.96. The van der Waals surface area contributed by atoms with Crippen LogP contribution in [0.2, 0.25) is 0 Å². The quantitative estimate of drug-likeness (QED) is 0.699. The smallest absolute Gasteiger partial charge is 0.305 e. The van der Waals surface area contributed by atoms with Crippen LogP contribution in [0.25, 0.3) is 0 Å². The van der Waals surface area contributed by atoms with E-state index in [1.807, 2.05) is 6.07 Å².